The minimum Gasteiger partial charge on any atom is -0.870 e. The molecule has 7 atom stereocenters. The number of nitrogen functional groups attached to an aromatic ring is 1. The van der Waals surface area contributed by atoms with Gasteiger partial charge < -0.3 is 44.6 Å². The van der Waals surface area contributed by atoms with Gasteiger partial charge in [0.15, 0.2) is 5.71 Å². The third-order valence-corrected chi connectivity index (χ3v) is 24.8. The van der Waals surface area contributed by atoms with E-state index in [4.69, 9.17) is 30.2 Å². The molecule has 1 fully saturated rings. The number of rotatable bonds is 40. The van der Waals surface area contributed by atoms with Gasteiger partial charge in [-0.15, -0.1) is 0 Å². The number of nitrogens with one attached hydrogen (secondary N) is 1. The summed E-state index contributed by atoms with van der Waals surface area (Å²) in [5.74, 6) is 1.69. The molecule has 0 amide bonds. The first-order valence-electron chi connectivity index (χ1n) is 39.8. The first-order valence-corrected chi connectivity index (χ1v) is 47.4. The van der Waals surface area contributed by atoms with Crippen molar-refractivity contribution in [3.05, 3.63) is 82.5 Å². The molecule has 3 aromatic carbocycles. The zero-order chi connectivity index (χ0) is 88.3. The molecule has 662 valence electrons. The molecule has 0 radical (unpaired) electrons. The Morgan fingerprint density at radius 2 is 1.18 bits per heavy atom. The van der Waals surface area contributed by atoms with Crippen LogP contribution in [0, 0.1) is 39.8 Å². The summed E-state index contributed by atoms with van der Waals surface area (Å²) in [5, 5.41) is 19.3. The van der Waals surface area contributed by atoms with Crippen molar-refractivity contribution >= 4 is 186 Å². The number of carboxylic acids is 2. The van der Waals surface area contributed by atoms with E-state index in [-0.39, 0.29) is 101 Å². The van der Waals surface area contributed by atoms with Crippen LogP contribution in [0.1, 0.15) is 270 Å². The van der Waals surface area contributed by atoms with E-state index in [2.05, 4.69) is 144 Å². The Bertz CT molecular complexity index is 3790. The third kappa shape index (κ3) is 47.5. The number of unbranched alkanes of at least 4 members (excludes halogenated alkanes) is 8. The Kier molecular flexibility index (Phi) is 66.1. The van der Waals surface area contributed by atoms with Crippen molar-refractivity contribution in [2.45, 2.75) is 270 Å². The molecule has 3 aliphatic heterocycles. The minimum atomic E-state index is -4.27. The summed E-state index contributed by atoms with van der Waals surface area (Å²) in [6.07, 6.45) is 17.5. The molecular weight excluding hydrogens is 1960 g/mol. The molecule has 0 saturated carbocycles. The number of hydrogen-bond acceptors (Lipinski definition) is 23. The maximum absolute atomic E-state index is 12.1. The van der Waals surface area contributed by atoms with Gasteiger partial charge in [-0.1, -0.05) is 101 Å². The summed E-state index contributed by atoms with van der Waals surface area (Å²) in [4.78, 5) is 105. The first kappa shape index (κ1) is 119. The number of ketones is 3. The average Bonchev–Trinajstić information content (AvgIpc) is 1.58. The molecule has 6 N–H and O–H groups in total. The molecule has 0 aromatic heterocycles. The molecule has 7 unspecified atom stereocenters. The van der Waals surface area contributed by atoms with E-state index >= 15 is 0 Å². The second-order valence-corrected chi connectivity index (χ2v) is 36.6. The Hall–Kier alpha value is -3.96. The maximum atomic E-state index is 12.1. The van der Waals surface area contributed by atoms with E-state index in [0.29, 0.717) is 83.8 Å². The molecular formula is C84H133BrI3N4NaO22S2. The molecule has 3 aromatic rings. The number of aliphatic carboxylic acids is 2. The van der Waals surface area contributed by atoms with Gasteiger partial charge in [0, 0.05) is 88.8 Å². The van der Waals surface area contributed by atoms with Crippen LogP contribution in [0.5, 0.6) is 0 Å². The smallest absolute Gasteiger partial charge is 0.870 e. The number of alkyl halides is 1. The number of fused-ring (bicyclic) bond motifs is 2. The van der Waals surface area contributed by atoms with Gasteiger partial charge in [0.05, 0.1) is 65.9 Å². The van der Waals surface area contributed by atoms with E-state index in [9.17, 15) is 69.6 Å². The molecule has 0 bridgehead atoms. The quantitative estimate of drug-likeness (QED) is 0.00334. The van der Waals surface area contributed by atoms with Crippen molar-refractivity contribution in [1.82, 2.24) is 0 Å². The van der Waals surface area contributed by atoms with Crippen molar-refractivity contribution in [2.24, 2.45) is 39.9 Å². The molecule has 33 heteroatoms. The van der Waals surface area contributed by atoms with Gasteiger partial charge in [0.25, 0.3) is 10.1 Å². The van der Waals surface area contributed by atoms with Crippen LogP contribution in [-0.2, 0) is 97.3 Å². The van der Waals surface area contributed by atoms with Crippen molar-refractivity contribution in [1.29, 1.82) is 0 Å². The molecule has 1 saturated heterocycles. The Balaban J connectivity index is -0.000000644. The zero-order valence-electron chi connectivity index (χ0n) is 72.4. The summed E-state index contributed by atoms with van der Waals surface area (Å²) >= 11 is 10.2. The third-order valence-electron chi connectivity index (χ3n) is 20.1. The minimum absolute atomic E-state index is 0. The monoisotopic (exact) mass is 2100 g/mol. The molecule has 26 nitrogen and oxygen atoms in total. The molecule has 117 heavy (non-hydrogen) atoms. The Labute approximate surface area is 769 Å². The fourth-order valence-electron chi connectivity index (χ4n) is 12.2. The van der Waals surface area contributed by atoms with Gasteiger partial charge in [-0.05, 0) is 275 Å². The number of carbonyl (C=O) groups excluding carboxylic acids is 7. The SMILES string of the molecule is CC(=O)C(C)CCCCCC(=O)O.CCCCC(C(=O)O)C1(C)C(C)=[N+](CCCS(=O)(=O)[O-])c2ccc(I)cc21.CCCCC(C)C1(C)C(C)=Nc2ccc(I)cc21.CCOC(=O)C(C)C(C)=O.CCOC(=O)CCCCCBr.CCOC(=O)CCCCCC(C)(C(C)=O)C(=O)OCC.NNc1ccc(I)cc1.O=S1(=O)CCCO1.[Na+].[OH-]. The van der Waals surface area contributed by atoms with Gasteiger partial charge in [-0.3, -0.25) is 58.2 Å². The molecule has 0 spiro atoms. The number of hydrazine groups is 1. The Morgan fingerprint density at radius 3 is 1.62 bits per heavy atom. The van der Waals surface area contributed by atoms with Crippen LogP contribution < -0.4 is 40.8 Å². The van der Waals surface area contributed by atoms with Crippen LogP contribution in [0.4, 0.5) is 17.1 Å². The van der Waals surface area contributed by atoms with Gasteiger partial charge in [-0.2, -0.15) is 13.0 Å². The average molecular weight is 2100 g/mol. The number of hydrogen-bond donors (Lipinski definition) is 4. The fraction of sp³-hybridized carbons (Fsp3) is 0.655. The second-order valence-electron chi connectivity index (χ2n) is 28.8. The van der Waals surface area contributed by atoms with Crippen LogP contribution in [0.3, 0.4) is 0 Å². The number of Topliss-reactive ketones (excluding diaryl/α,β-unsaturated/α-hetero) is 3. The molecule has 3 aliphatic rings. The fourth-order valence-corrected chi connectivity index (χ4v) is 15.3. The van der Waals surface area contributed by atoms with Crippen LogP contribution in [0.25, 0.3) is 0 Å². The number of esters is 4. The maximum Gasteiger partial charge on any atom is 1.00 e. The number of ether oxygens (including phenoxy) is 4. The number of halogens is 4. The number of carbonyl (C=O) groups is 9. The van der Waals surface area contributed by atoms with E-state index in [0.717, 1.165) is 95.8 Å². The van der Waals surface area contributed by atoms with Crippen LogP contribution in [0.2, 0.25) is 0 Å². The topological polar surface area (TPSA) is 415 Å². The number of nitrogens with two attached hydrogens (primary N) is 1. The van der Waals surface area contributed by atoms with E-state index in [1.54, 1.807) is 41.5 Å². The van der Waals surface area contributed by atoms with Crippen LogP contribution >= 0.6 is 83.7 Å². The molecule has 6 rings (SSSR count). The van der Waals surface area contributed by atoms with Gasteiger partial charge >= 0.3 is 65.4 Å². The predicted octanol–water partition coefficient (Wildman–Crippen LogP) is 15.3. The molecule has 3 heterocycles. The number of anilines is 1. The first-order chi connectivity index (χ1) is 53.9. The number of carboxylic acid groups (broad SMARTS) is 2. The van der Waals surface area contributed by atoms with E-state index in [1.807, 2.05) is 81.7 Å². The summed E-state index contributed by atoms with van der Waals surface area (Å²) in [5.41, 5.74) is 8.52. The summed E-state index contributed by atoms with van der Waals surface area (Å²) in [7, 11) is -7.32. The summed E-state index contributed by atoms with van der Waals surface area (Å²) in [6, 6.07) is 20.4. The van der Waals surface area contributed by atoms with Gasteiger partial charge in [-0.25, -0.2) is 8.42 Å². The summed E-state index contributed by atoms with van der Waals surface area (Å²) in [6.45, 7) is 33.9. The molecule has 0 aliphatic carbocycles. The zero-order valence-corrected chi connectivity index (χ0v) is 84.1. The normalized spacial score (nSPS) is 16.4. The number of nitrogens with zero attached hydrogens (tertiary/aromatic N) is 2. The predicted molar refractivity (Wildman–Crippen MR) is 484 cm³/mol. The number of benzene rings is 3. The van der Waals surface area contributed by atoms with Crippen molar-refractivity contribution < 1.29 is 137 Å². The van der Waals surface area contributed by atoms with Crippen molar-refractivity contribution in [2.75, 3.05) is 61.8 Å². The van der Waals surface area contributed by atoms with Crippen LogP contribution in [-0.4, -0.2) is 163 Å². The van der Waals surface area contributed by atoms with Gasteiger partial charge in [0.1, 0.15) is 35.2 Å². The second kappa shape index (κ2) is 64.8. The van der Waals surface area contributed by atoms with Crippen molar-refractivity contribution in [3.63, 3.8) is 0 Å². The van der Waals surface area contributed by atoms with E-state index in [1.165, 1.54) is 57.2 Å². The Morgan fingerprint density at radius 1 is 0.675 bits per heavy atom. The standard InChI is InChI=1S/C19H26INO5S.C16H22IN.C15H26O5.C10H18O3.C8H15BrO2.C7H12O3.C6H7IN2.C3H6O3S.Na.H2O/c1-4-5-7-15(18(22)23)19(3)13(2)21(10-6-11-27(24,25)26)17-9-8-14(20)12-16(17)19;1-5-6-7-11(2)16(4)12(3)18-15-9-8-13(17)10-14(15)16;1-5-19-13(17)10-8-7-9-11-15(4,12(3)16)14(18)20-6-2;1-8(9(2)11)6-4-3-5-7-10(12)13;1-2-11-8(10)6-4-3-5-7-9;1-4-10-7(9)5(2)6(3)8;7-5-1-3-6(9-8)4-2-5;4-7(5)3-1-2-6-7;;/h8-9,12,15H,4-7,10-11H2,1-3H3,(H-,22,23,24,25,26);8-11H,5-7H2,1-4H3;5-11H2,1-4H3;8H,3-7H2,1-2H3,(H,12,13);2-7H2,1H3;5H,4H2,1-3H3;1-4,9H,8H2;1-3H2;;1H2/q;;;;;;;;+1;/p-1. The largest absolute Gasteiger partial charge is 1.00 e. The van der Waals surface area contributed by atoms with Crippen LogP contribution in [0.15, 0.2) is 65.7 Å². The van der Waals surface area contributed by atoms with E-state index < -0.39 is 72.5 Å². The van der Waals surface area contributed by atoms with Crippen molar-refractivity contribution in [3.8, 4) is 0 Å². The number of aliphatic imine (C=N–C) groups is 1. The van der Waals surface area contributed by atoms with Gasteiger partial charge in [0.2, 0.25) is 5.69 Å². The summed E-state index contributed by atoms with van der Waals surface area (Å²) < 4.78 is 82.3.